The van der Waals surface area contributed by atoms with Crippen LogP contribution in [0, 0.1) is 0 Å². The molecule has 5 nitrogen and oxygen atoms in total. The van der Waals surface area contributed by atoms with Crippen LogP contribution in [-0.2, 0) is 21.2 Å². The summed E-state index contributed by atoms with van der Waals surface area (Å²) in [6, 6.07) is 22.4. The Morgan fingerprint density at radius 1 is 0.966 bits per heavy atom. The van der Waals surface area contributed by atoms with Gasteiger partial charge in [0.1, 0.15) is 6.54 Å². The summed E-state index contributed by atoms with van der Waals surface area (Å²) in [5.41, 5.74) is 2.11. The van der Waals surface area contributed by atoms with Gasteiger partial charge in [-0.2, -0.15) is 0 Å². The molecule has 0 heterocycles. The number of nitrogens with one attached hydrogen (secondary N) is 1. The van der Waals surface area contributed by atoms with Crippen LogP contribution < -0.4 is 9.62 Å². The summed E-state index contributed by atoms with van der Waals surface area (Å²) in [6.45, 7) is 1.69. The van der Waals surface area contributed by atoms with Gasteiger partial charge in [0.05, 0.1) is 10.6 Å². The standard InChI is InChI=1S/C22H21BrN2O3S/c1-2-17-11-13-20(14-12-17)25(29(27,28)21-9-4-3-5-10-21)16-22(26)24-19-8-6-7-18(23)15-19/h3-15H,2,16H2,1H3,(H,24,26). The highest BCUT2D eigenvalue weighted by Crippen LogP contribution is 2.24. The quantitative estimate of drug-likeness (QED) is 0.534. The Kier molecular flexibility index (Phi) is 6.71. The predicted octanol–water partition coefficient (Wildman–Crippen LogP) is 4.85. The Morgan fingerprint density at radius 2 is 1.66 bits per heavy atom. The van der Waals surface area contributed by atoms with Crippen molar-refractivity contribution in [2.45, 2.75) is 18.2 Å². The molecular weight excluding hydrogens is 452 g/mol. The van der Waals surface area contributed by atoms with Crippen LogP contribution in [0.2, 0.25) is 0 Å². The molecule has 3 aromatic carbocycles. The smallest absolute Gasteiger partial charge is 0.264 e. The minimum absolute atomic E-state index is 0.134. The van der Waals surface area contributed by atoms with Crippen LogP contribution in [-0.4, -0.2) is 20.9 Å². The monoisotopic (exact) mass is 472 g/mol. The molecule has 29 heavy (non-hydrogen) atoms. The summed E-state index contributed by atoms with van der Waals surface area (Å²) in [5.74, 6) is -0.429. The summed E-state index contributed by atoms with van der Waals surface area (Å²) in [7, 11) is -3.91. The Hall–Kier alpha value is -2.64. The van der Waals surface area contributed by atoms with Gasteiger partial charge in [0.2, 0.25) is 5.91 Å². The van der Waals surface area contributed by atoms with E-state index in [1.54, 1.807) is 48.5 Å². The largest absolute Gasteiger partial charge is 0.324 e. The molecule has 3 aromatic rings. The Bertz CT molecular complexity index is 1080. The predicted molar refractivity (Wildman–Crippen MR) is 120 cm³/mol. The van der Waals surface area contributed by atoms with Crippen LogP contribution in [0.25, 0.3) is 0 Å². The molecule has 0 aliphatic heterocycles. The minimum atomic E-state index is -3.91. The zero-order chi connectivity index (χ0) is 20.9. The lowest BCUT2D eigenvalue weighted by atomic mass is 10.1. The molecule has 0 aromatic heterocycles. The van der Waals surface area contributed by atoms with Crippen molar-refractivity contribution >= 4 is 43.2 Å². The average molecular weight is 473 g/mol. The van der Waals surface area contributed by atoms with Crippen molar-refractivity contribution < 1.29 is 13.2 Å². The first-order valence-electron chi connectivity index (χ1n) is 9.12. The first kappa shape index (κ1) is 21.1. The molecule has 0 saturated heterocycles. The van der Waals surface area contributed by atoms with Gasteiger partial charge in [0, 0.05) is 10.2 Å². The molecule has 1 N–H and O–H groups in total. The van der Waals surface area contributed by atoms with Gasteiger partial charge >= 0.3 is 0 Å². The van der Waals surface area contributed by atoms with Crippen molar-refractivity contribution in [1.82, 2.24) is 0 Å². The van der Waals surface area contributed by atoms with Gasteiger partial charge in [-0.3, -0.25) is 9.10 Å². The topological polar surface area (TPSA) is 66.5 Å². The zero-order valence-corrected chi connectivity index (χ0v) is 18.3. The SMILES string of the molecule is CCc1ccc(N(CC(=O)Nc2cccc(Br)c2)S(=O)(=O)c2ccccc2)cc1. The van der Waals surface area contributed by atoms with E-state index in [0.717, 1.165) is 20.8 Å². The Labute approximate surface area is 179 Å². The van der Waals surface area contributed by atoms with Gasteiger partial charge < -0.3 is 5.32 Å². The number of benzene rings is 3. The van der Waals surface area contributed by atoms with E-state index in [1.807, 2.05) is 25.1 Å². The number of amides is 1. The highest BCUT2D eigenvalue weighted by molar-refractivity contribution is 9.10. The van der Waals surface area contributed by atoms with Crippen LogP contribution in [0.1, 0.15) is 12.5 Å². The third kappa shape index (κ3) is 5.25. The van der Waals surface area contributed by atoms with Crippen LogP contribution in [0.15, 0.2) is 88.2 Å². The van der Waals surface area contributed by atoms with E-state index < -0.39 is 15.9 Å². The minimum Gasteiger partial charge on any atom is -0.324 e. The number of rotatable bonds is 7. The molecule has 0 fully saturated rings. The molecule has 0 saturated carbocycles. The van der Waals surface area contributed by atoms with Gasteiger partial charge in [0.15, 0.2) is 0 Å². The van der Waals surface area contributed by atoms with E-state index in [4.69, 9.17) is 0 Å². The maximum absolute atomic E-state index is 13.3. The summed E-state index contributed by atoms with van der Waals surface area (Å²) in [5, 5.41) is 2.75. The second-order valence-electron chi connectivity index (χ2n) is 6.40. The van der Waals surface area contributed by atoms with E-state index in [2.05, 4.69) is 21.2 Å². The highest BCUT2D eigenvalue weighted by Gasteiger charge is 2.27. The number of hydrogen-bond acceptors (Lipinski definition) is 3. The maximum atomic E-state index is 13.3. The van der Waals surface area contributed by atoms with Crippen molar-refractivity contribution in [2.24, 2.45) is 0 Å². The number of carbonyl (C=O) groups is 1. The molecule has 0 atom stereocenters. The molecule has 0 aliphatic rings. The van der Waals surface area contributed by atoms with Gasteiger partial charge in [-0.1, -0.05) is 59.3 Å². The zero-order valence-electron chi connectivity index (χ0n) is 15.9. The van der Waals surface area contributed by atoms with E-state index in [0.29, 0.717) is 11.4 Å². The normalized spacial score (nSPS) is 11.1. The number of sulfonamides is 1. The number of hydrogen-bond donors (Lipinski definition) is 1. The van der Waals surface area contributed by atoms with Crippen molar-refractivity contribution in [3.05, 3.63) is 88.9 Å². The summed E-state index contributed by atoms with van der Waals surface area (Å²) >= 11 is 3.36. The number of halogens is 1. The second-order valence-corrected chi connectivity index (χ2v) is 9.18. The third-order valence-corrected chi connectivity index (χ3v) is 6.64. The first-order chi connectivity index (χ1) is 13.9. The number of anilines is 2. The Balaban J connectivity index is 1.93. The number of carbonyl (C=O) groups excluding carboxylic acids is 1. The number of aryl methyl sites for hydroxylation is 1. The van der Waals surface area contributed by atoms with Gasteiger partial charge in [-0.05, 0) is 54.4 Å². The summed E-state index contributed by atoms with van der Waals surface area (Å²) in [6.07, 6.45) is 0.842. The van der Waals surface area contributed by atoms with Gasteiger partial charge in [-0.15, -0.1) is 0 Å². The lowest BCUT2D eigenvalue weighted by Crippen LogP contribution is -2.38. The van der Waals surface area contributed by atoms with Crippen LogP contribution in [0.3, 0.4) is 0 Å². The Morgan fingerprint density at radius 3 is 2.28 bits per heavy atom. The van der Waals surface area contributed by atoms with Gasteiger partial charge in [-0.25, -0.2) is 8.42 Å². The fraction of sp³-hybridized carbons (Fsp3) is 0.136. The molecule has 0 unspecified atom stereocenters. The molecular formula is C22H21BrN2O3S. The molecule has 0 aliphatic carbocycles. The lowest BCUT2D eigenvalue weighted by Gasteiger charge is -2.24. The summed E-state index contributed by atoms with van der Waals surface area (Å²) < 4.78 is 28.5. The average Bonchev–Trinajstić information content (AvgIpc) is 2.73. The highest BCUT2D eigenvalue weighted by atomic mass is 79.9. The molecule has 150 valence electrons. The first-order valence-corrected chi connectivity index (χ1v) is 11.4. The van der Waals surface area contributed by atoms with Crippen molar-refractivity contribution in [1.29, 1.82) is 0 Å². The second kappa shape index (κ2) is 9.24. The molecule has 0 spiro atoms. The van der Waals surface area contributed by atoms with Crippen molar-refractivity contribution in [3.8, 4) is 0 Å². The number of nitrogens with zero attached hydrogens (tertiary/aromatic N) is 1. The molecule has 3 rings (SSSR count). The maximum Gasteiger partial charge on any atom is 0.264 e. The van der Waals surface area contributed by atoms with E-state index >= 15 is 0 Å². The van der Waals surface area contributed by atoms with Crippen LogP contribution in [0.4, 0.5) is 11.4 Å². The fourth-order valence-electron chi connectivity index (χ4n) is 2.83. The van der Waals surface area contributed by atoms with Crippen molar-refractivity contribution in [2.75, 3.05) is 16.2 Å². The van der Waals surface area contributed by atoms with Gasteiger partial charge in [0.25, 0.3) is 10.0 Å². The van der Waals surface area contributed by atoms with Crippen LogP contribution >= 0.6 is 15.9 Å². The fourth-order valence-corrected chi connectivity index (χ4v) is 4.67. The van der Waals surface area contributed by atoms with E-state index in [9.17, 15) is 13.2 Å². The lowest BCUT2D eigenvalue weighted by molar-refractivity contribution is -0.114. The van der Waals surface area contributed by atoms with E-state index in [1.165, 1.54) is 12.1 Å². The third-order valence-electron chi connectivity index (χ3n) is 4.36. The molecule has 0 bridgehead atoms. The van der Waals surface area contributed by atoms with E-state index in [-0.39, 0.29) is 11.4 Å². The molecule has 1 amide bonds. The molecule has 0 radical (unpaired) electrons. The summed E-state index contributed by atoms with van der Waals surface area (Å²) in [4.78, 5) is 12.8. The molecule has 7 heteroatoms. The van der Waals surface area contributed by atoms with Crippen molar-refractivity contribution in [3.63, 3.8) is 0 Å². The van der Waals surface area contributed by atoms with Crippen LogP contribution in [0.5, 0.6) is 0 Å².